The number of hydrogen-bond acceptors (Lipinski definition) is 4. The molecule has 0 bridgehead atoms. The highest BCUT2D eigenvalue weighted by atomic mass is 16.7. The van der Waals surface area contributed by atoms with Crippen LogP contribution in [0.2, 0.25) is 0 Å². The van der Waals surface area contributed by atoms with Crippen LogP contribution in [0.15, 0.2) is 12.2 Å². The van der Waals surface area contributed by atoms with Crippen LogP contribution < -0.4 is 0 Å². The predicted octanol–water partition coefficient (Wildman–Crippen LogP) is 4.72. The van der Waals surface area contributed by atoms with E-state index in [4.69, 9.17) is 14.2 Å². The van der Waals surface area contributed by atoms with Gasteiger partial charge in [0.05, 0.1) is 24.2 Å². The van der Waals surface area contributed by atoms with Crippen LogP contribution in [0.4, 0.5) is 0 Å². The highest BCUT2D eigenvalue weighted by Crippen LogP contribution is 2.70. The Morgan fingerprint density at radius 2 is 1.96 bits per heavy atom. The number of rotatable bonds is 7. The molecule has 1 saturated carbocycles. The molecule has 1 aliphatic heterocycles. The molecule has 144 valence electrons. The van der Waals surface area contributed by atoms with Crippen molar-refractivity contribution in [1.29, 1.82) is 0 Å². The fraction of sp³-hybridized carbons (Fsp3) is 0.857. The standard InChI is InChI=1S/C21H36O4/c1-9-23-19(22)21(8)17(6)20(21,7)11-10-15(4)24-18-14(3)12-13(2)16(5)25-18/h13-16,18H,6,9-12H2,1-5,7-8H3/t13-,14-,15-,16+,18-,20+,21+/m1/s1. The summed E-state index contributed by atoms with van der Waals surface area (Å²) in [5.41, 5.74) is 0.231. The molecule has 0 N–H and O–H groups in total. The smallest absolute Gasteiger partial charge is 0.316 e. The minimum Gasteiger partial charge on any atom is -0.465 e. The first-order chi connectivity index (χ1) is 11.6. The second kappa shape index (κ2) is 7.40. The molecule has 0 unspecified atom stereocenters. The van der Waals surface area contributed by atoms with Crippen LogP contribution >= 0.6 is 0 Å². The van der Waals surface area contributed by atoms with Crippen molar-refractivity contribution in [1.82, 2.24) is 0 Å². The quantitative estimate of drug-likeness (QED) is 0.491. The highest BCUT2D eigenvalue weighted by molar-refractivity contribution is 5.88. The molecule has 0 amide bonds. The van der Waals surface area contributed by atoms with Crippen molar-refractivity contribution in [3.63, 3.8) is 0 Å². The van der Waals surface area contributed by atoms with Crippen LogP contribution in [0, 0.1) is 22.7 Å². The van der Waals surface area contributed by atoms with Crippen LogP contribution in [0.3, 0.4) is 0 Å². The Morgan fingerprint density at radius 1 is 1.32 bits per heavy atom. The maximum atomic E-state index is 12.3. The third-order valence-electron chi connectivity index (χ3n) is 6.77. The van der Waals surface area contributed by atoms with Gasteiger partial charge in [-0.15, -0.1) is 0 Å². The first kappa shape index (κ1) is 20.4. The number of carbonyl (C=O) groups excluding carboxylic acids is 1. The van der Waals surface area contributed by atoms with Crippen LogP contribution in [0.5, 0.6) is 0 Å². The summed E-state index contributed by atoms with van der Waals surface area (Å²) in [5.74, 6) is 0.831. The van der Waals surface area contributed by atoms with Gasteiger partial charge in [-0.25, -0.2) is 0 Å². The molecule has 0 radical (unpaired) electrons. The molecule has 2 fully saturated rings. The summed E-state index contributed by atoms with van der Waals surface area (Å²) < 4.78 is 17.5. The third-order valence-corrected chi connectivity index (χ3v) is 6.77. The van der Waals surface area contributed by atoms with Crippen LogP contribution in [0.1, 0.15) is 67.7 Å². The summed E-state index contributed by atoms with van der Waals surface area (Å²) in [6, 6.07) is 0. The average Bonchev–Trinajstić information content (AvgIpc) is 2.98. The summed E-state index contributed by atoms with van der Waals surface area (Å²) >= 11 is 0. The van der Waals surface area contributed by atoms with Crippen molar-refractivity contribution in [2.45, 2.75) is 86.2 Å². The van der Waals surface area contributed by atoms with Gasteiger partial charge in [0.25, 0.3) is 0 Å². The monoisotopic (exact) mass is 352 g/mol. The molecule has 7 atom stereocenters. The van der Waals surface area contributed by atoms with Crippen LogP contribution in [-0.2, 0) is 19.0 Å². The van der Waals surface area contributed by atoms with Crippen molar-refractivity contribution in [2.24, 2.45) is 22.7 Å². The van der Waals surface area contributed by atoms with Crippen molar-refractivity contribution < 1.29 is 19.0 Å². The van der Waals surface area contributed by atoms with Gasteiger partial charge in [-0.05, 0) is 52.9 Å². The minimum absolute atomic E-state index is 0.0877. The first-order valence-corrected chi connectivity index (χ1v) is 9.75. The number of esters is 1. The van der Waals surface area contributed by atoms with Gasteiger partial charge in [0.2, 0.25) is 0 Å². The van der Waals surface area contributed by atoms with Gasteiger partial charge >= 0.3 is 5.97 Å². The van der Waals surface area contributed by atoms with Gasteiger partial charge in [0.15, 0.2) is 6.29 Å². The normalized spacial score (nSPS) is 42.1. The van der Waals surface area contributed by atoms with Gasteiger partial charge in [0, 0.05) is 11.3 Å². The summed E-state index contributed by atoms with van der Waals surface area (Å²) in [7, 11) is 0. The lowest BCUT2D eigenvalue weighted by Crippen LogP contribution is -2.40. The maximum Gasteiger partial charge on any atom is 0.316 e. The zero-order valence-electron chi connectivity index (χ0n) is 17.1. The zero-order chi connectivity index (χ0) is 19.0. The van der Waals surface area contributed by atoms with Crippen LogP contribution in [0.25, 0.3) is 0 Å². The predicted molar refractivity (Wildman–Crippen MR) is 99.0 cm³/mol. The van der Waals surface area contributed by atoms with Gasteiger partial charge in [-0.1, -0.05) is 32.9 Å². The summed E-state index contributed by atoms with van der Waals surface area (Å²) in [5, 5.41) is 0. The number of carbonyl (C=O) groups is 1. The molecule has 0 aromatic carbocycles. The lowest BCUT2D eigenvalue weighted by atomic mass is 9.89. The van der Waals surface area contributed by atoms with Gasteiger partial charge in [-0.2, -0.15) is 0 Å². The maximum absolute atomic E-state index is 12.3. The van der Waals surface area contributed by atoms with E-state index in [-0.39, 0.29) is 29.9 Å². The molecule has 4 heteroatoms. The lowest BCUT2D eigenvalue weighted by molar-refractivity contribution is -0.244. The molecule has 4 nitrogen and oxygen atoms in total. The van der Waals surface area contributed by atoms with E-state index >= 15 is 0 Å². The van der Waals surface area contributed by atoms with Gasteiger partial charge < -0.3 is 14.2 Å². The molecule has 2 aliphatic rings. The van der Waals surface area contributed by atoms with Crippen molar-refractivity contribution >= 4 is 5.97 Å². The Hall–Kier alpha value is -0.870. The highest BCUT2D eigenvalue weighted by Gasteiger charge is 2.70. The van der Waals surface area contributed by atoms with Gasteiger partial charge in [-0.3, -0.25) is 4.79 Å². The van der Waals surface area contributed by atoms with Crippen LogP contribution in [-0.4, -0.2) is 31.1 Å². The van der Waals surface area contributed by atoms with E-state index in [1.165, 1.54) is 0 Å². The number of ether oxygens (including phenoxy) is 3. The number of hydrogen-bond donors (Lipinski definition) is 0. The topological polar surface area (TPSA) is 44.8 Å². The lowest BCUT2D eigenvalue weighted by Gasteiger charge is -2.38. The fourth-order valence-electron chi connectivity index (χ4n) is 4.20. The molecule has 1 saturated heterocycles. The van der Waals surface area contributed by atoms with E-state index in [1.807, 2.05) is 13.8 Å². The largest absolute Gasteiger partial charge is 0.465 e. The molecule has 25 heavy (non-hydrogen) atoms. The Kier molecular flexibility index (Phi) is 6.05. The molecule has 0 aromatic rings. The molecule has 0 aromatic heterocycles. The van der Waals surface area contributed by atoms with E-state index in [0.29, 0.717) is 18.4 Å². The molecule has 1 aliphatic carbocycles. The zero-order valence-corrected chi connectivity index (χ0v) is 17.1. The Balaban J connectivity index is 1.87. The molecular weight excluding hydrogens is 316 g/mol. The van der Waals surface area contributed by atoms with E-state index in [1.54, 1.807) is 0 Å². The second-order valence-corrected chi connectivity index (χ2v) is 8.54. The second-order valence-electron chi connectivity index (χ2n) is 8.54. The summed E-state index contributed by atoms with van der Waals surface area (Å²) in [6.07, 6.45) is 3.07. The summed E-state index contributed by atoms with van der Waals surface area (Å²) in [6.45, 7) is 19.1. The Bertz CT molecular complexity index is 516. The molecular formula is C21H36O4. The SMILES string of the molecule is C=C1[C@@](C)(C(=O)OCC)[C@@]1(C)CC[C@@H](C)O[C@@H]1O[C@@H](C)[C@H](C)C[C@H]1C. The van der Waals surface area contributed by atoms with E-state index < -0.39 is 5.41 Å². The van der Waals surface area contributed by atoms with Gasteiger partial charge in [0.1, 0.15) is 0 Å². The Morgan fingerprint density at radius 3 is 2.56 bits per heavy atom. The average molecular weight is 353 g/mol. The van der Waals surface area contributed by atoms with E-state index in [9.17, 15) is 4.79 Å². The van der Waals surface area contributed by atoms with Crippen molar-refractivity contribution in [2.75, 3.05) is 6.61 Å². The van der Waals surface area contributed by atoms with Crippen molar-refractivity contribution in [3.8, 4) is 0 Å². The molecule has 2 rings (SSSR count). The minimum atomic E-state index is -0.554. The Labute approximate surface area is 153 Å². The third kappa shape index (κ3) is 3.66. The molecule has 1 heterocycles. The summed E-state index contributed by atoms with van der Waals surface area (Å²) in [4.78, 5) is 12.3. The van der Waals surface area contributed by atoms with Crippen molar-refractivity contribution in [3.05, 3.63) is 12.2 Å². The fourth-order valence-corrected chi connectivity index (χ4v) is 4.20. The first-order valence-electron chi connectivity index (χ1n) is 9.75. The van der Waals surface area contributed by atoms with E-state index in [2.05, 4.69) is 41.2 Å². The van der Waals surface area contributed by atoms with E-state index in [0.717, 1.165) is 24.8 Å². The molecule has 0 spiro atoms.